The molecule has 0 N–H and O–H groups in total. The highest BCUT2D eigenvalue weighted by molar-refractivity contribution is 9.10. The highest BCUT2D eigenvalue weighted by Crippen LogP contribution is 2.50. The molecule has 182 valence electrons. The number of Topliss-reactive ketones (excluding diaryl/α,β-unsaturated/α-hetero) is 2. The summed E-state index contributed by atoms with van der Waals surface area (Å²) in [6, 6.07) is 11.4. The molecule has 2 aromatic carbocycles. The largest absolute Gasteiger partial charge is 0.493 e. The average molecular weight is 557 g/mol. The quantitative estimate of drug-likeness (QED) is 0.409. The molecule has 0 unspecified atom stereocenters. The molecule has 0 bridgehead atoms. The number of rotatable bonds is 5. The molecule has 0 spiro atoms. The van der Waals surface area contributed by atoms with E-state index in [0.717, 1.165) is 59.4 Å². The second kappa shape index (κ2) is 9.82. The van der Waals surface area contributed by atoms with Crippen LogP contribution in [0, 0.1) is 0 Å². The monoisotopic (exact) mass is 555 g/mol. The van der Waals surface area contributed by atoms with Crippen molar-refractivity contribution in [1.29, 1.82) is 0 Å². The standard InChI is InChI=1S/C28H27BrClNO4/c1-31-20-9-5-11-22(32)26(20)25(27-21(31)10-6-12-23(27)33)17-13-18(29)28(24(14-17)34-2)35-15-16-7-3-4-8-19(16)30/h3-4,7-8,13-14,25H,5-6,9-12,15H2,1-2H3. The van der Waals surface area contributed by atoms with E-state index in [1.54, 1.807) is 7.11 Å². The van der Waals surface area contributed by atoms with E-state index >= 15 is 0 Å². The summed E-state index contributed by atoms with van der Waals surface area (Å²) < 4.78 is 12.5. The zero-order valence-corrected chi connectivity index (χ0v) is 22.2. The van der Waals surface area contributed by atoms with Crippen LogP contribution in [-0.2, 0) is 16.2 Å². The number of ether oxygens (including phenoxy) is 2. The number of benzene rings is 2. The van der Waals surface area contributed by atoms with E-state index in [2.05, 4.69) is 20.8 Å². The van der Waals surface area contributed by atoms with Gasteiger partial charge in [-0.25, -0.2) is 0 Å². The number of ketones is 2. The van der Waals surface area contributed by atoms with E-state index in [0.29, 0.717) is 33.8 Å². The second-order valence-electron chi connectivity index (χ2n) is 9.18. The minimum atomic E-state index is -0.389. The minimum Gasteiger partial charge on any atom is -0.493 e. The molecule has 0 fully saturated rings. The molecule has 35 heavy (non-hydrogen) atoms. The first-order valence-corrected chi connectivity index (χ1v) is 13.1. The van der Waals surface area contributed by atoms with Gasteiger partial charge < -0.3 is 14.4 Å². The third-order valence-electron chi connectivity index (χ3n) is 7.16. The number of carbonyl (C=O) groups is 2. The fourth-order valence-corrected chi connectivity index (χ4v) is 6.26. The molecule has 5 nitrogen and oxygen atoms in total. The predicted octanol–water partition coefficient (Wildman–Crippen LogP) is 6.73. The Morgan fingerprint density at radius 3 is 2.23 bits per heavy atom. The van der Waals surface area contributed by atoms with Crippen LogP contribution in [0.2, 0.25) is 5.02 Å². The van der Waals surface area contributed by atoms with Crippen molar-refractivity contribution in [2.45, 2.75) is 51.0 Å². The lowest BCUT2D eigenvalue weighted by molar-refractivity contribution is -0.117. The van der Waals surface area contributed by atoms with Crippen LogP contribution in [0.1, 0.15) is 55.6 Å². The Bertz CT molecular complexity index is 1240. The Labute approximate surface area is 218 Å². The van der Waals surface area contributed by atoms with Crippen molar-refractivity contribution in [3.8, 4) is 11.5 Å². The molecule has 1 aliphatic heterocycles. The van der Waals surface area contributed by atoms with E-state index in [4.69, 9.17) is 21.1 Å². The van der Waals surface area contributed by atoms with Gasteiger partial charge in [0.25, 0.3) is 0 Å². The van der Waals surface area contributed by atoms with Gasteiger partial charge in [0, 0.05) is 58.9 Å². The Balaban J connectivity index is 1.59. The molecule has 0 amide bonds. The molecule has 0 saturated heterocycles. The minimum absolute atomic E-state index is 0.127. The number of nitrogens with zero attached hydrogens (tertiary/aromatic N) is 1. The van der Waals surface area contributed by atoms with E-state index in [9.17, 15) is 9.59 Å². The van der Waals surface area contributed by atoms with Gasteiger partial charge in [0.05, 0.1) is 11.6 Å². The van der Waals surface area contributed by atoms with E-state index in [1.165, 1.54) is 0 Å². The maximum Gasteiger partial charge on any atom is 0.175 e. The third kappa shape index (κ3) is 4.31. The topological polar surface area (TPSA) is 55.8 Å². The lowest BCUT2D eigenvalue weighted by Gasteiger charge is -2.42. The van der Waals surface area contributed by atoms with Crippen molar-refractivity contribution in [3.63, 3.8) is 0 Å². The zero-order valence-electron chi connectivity index (χ0n) is 19.8. The number of hydrogen-bond acceptors (Lipinski definition) is 5. The SMILES string of the molecule is COc1cc(C2C3=C(CCCC3=O)N(C)C3=C2C(=O)CCC3)cc(Br)c1OCc1ccccc1Cl. The molecule has 0 radical (unpaired) electrons. The molecule has 2 aliphatic carbocycles. The molecular formula is C28H27BrClNO4. The van der Waals surface area contributed by atoms with Crippen LogP contribution in [0.3, 0.4) is 0 Å². The first kappa shape index (κ1) is 24.1. The van der Waals surface area contributed by atoms with Gasteiger partial charge >= 0.3 is 0 Å². The summed E-state index contributed by atoms with van der Waals surface area (Å²) in [7, 11) is 3.59. The summed E-state index contributed by atoms with van der Waals surface area (Å²) in [6.45, 7) is 0.282. The predicted molar refractivity (Wildman–Crippen MR) is 139 cm³/mol. The van der Waals surface area contributed by atoms with Gasteiger partial charge in [-0.2, -0.15) is 0 Å². The number of methoxy groups -OCH3 is 1. The van der Waals surface area contributed by atoms with Crippen molar-refractivity contribution in [3.05, 3.63) is 79.6 Å². The van der Waals surface area contributed by atoms with Crippen LogP contribution in [0.4, 0.5) is 0 Å². The summed E-state index contributed by atoms with van der Waals surface area (Å²) >= 11 is 9.96. The summed E-state index contributed by atoms with van der Waals surface area (Å²) in [6.07, 6.45) is 4.39. The molecule has 7 heteroatoms. The Kier molecular flexibility index (Phi) is 6.78. The number of allylic oxidation sites excluding steroid dienone is 4. The zero-order chi connectivity index (χ0) is 24.7. The van der Waals surface area contributed by atoms with E-state index in [1.807, 2.05) is 43.4 Å². The molecule has 1 heterocycles. The van der Waals surface area contributed by atoms with Crippen LogP contribution in [-0.4, -0.2) is 30.6 Å². The average Bonchev–Trinajstić information content (AvgIpc) is 2.85. The van der Waals surface area contributed by atoms with Gasteiger partial charge in [-0.15, -0.1) is 0 Å². The van der Waals surface area contributed by atoms with Gasteiger partial charge in [0.15, 0.2) is 23.1 Å². The molecule has 0 aromatic heterocycles. The van der Waals surface area contributed by atoms with Gasteiger partial charge in [-0.3, -0.25) is 9.59 Å². The van der Waals surface area contributed by atoms with Crippen molar-refractivity contribution >= 4 is 39.1 Å². The van der Waals surface area contributed by atoms with Crippen LogP contribution < -0.4 is 9.47 Å². The maximum absolute atomic E-state index is 13.2. The molecule has 0 saturated carbocycles. The van der Waals surface area contributed by atoms with Gasteiger partial charge in [0.2, 0.25) is 0 Å². The molecular weight excluding hydrogens is 530 g/mol. The van der Waals surface area contributed by atoms with Gasteiger partial charge in [-0.1, -0.05) is 29.8 Å². The number of halogens is 2. The summed E-state index contributed by atoms with van der Waals surface area (Å²) in [5.41, 5.74) is 5.34. The third-order valence-corrected chi connectivity index (χ3v) is 8.12. The Morgan fingerprint density at radius 2 is 1.63 bits per heavy atom. The fourth-order valence-electron chi connectivity index (χ4n) is 5.50. The summed E-state index contributed by atoms with van der Waals surface area (Å²) in [5.74, 6) is 0.956. The normalized spacial score (nSPS) is 18.6. The van der Waals surface area contributed by atoms with E-state index < -0.39 is 0 Å². The first-order chi connectivity index (χ1) is 16.9. The fraction of sp³-hybridized carbons (Fsp3) is 0.357. The summed E-state index contributed by atoms with van der Waals surface area (Å²) in [5, 5.41) is 0.635. The van der Waals surface area contributed by atoms with Crippen molar-refractivity contribution in [2.75, 3.05) is 14.2 Å². The Morgan fingerprint density at radius 1 is 1.00 bits per heavy atom. The van der Waals surface area contributed by atoms with Gasteiger partial charge in [0.1, 0.15) is 6.61 Å². The van der Waals surface area contributed by atoms with E-state index in [-0.39, 0.29) is 24.1 Å². The molecule has 3 aliphatic rings. The maximum atomic E-state index is 13.2. The lowest BCUT2D eigenvalue weighted by atomic mass is 9.71. The molecule has 5 rings (SSSR count). The van der Waals surface area contributed by atoms with Crippen LogP contribution in [0.15, 0.2) is 63.4 Å². The van der Waals surface area contributed by atoms with Crippen molar-refractivity contribution in [1.82, 2.24) is 4.90 Å². The number of hydrogen-bond donors (Lipinski definition) is 0. The van der Waals surface area contributed by atoms with Crippen LogP contribution in [0.5, 0.6) is 11.5 Å². The van der Waals surface area contributed by atoms with Crippen LogP contribution in [0.25, 0.3) is 0 Å². The molecule has 2 aromatic rings. The highest BCUT2D eigenvalue weighted by atomic mass is 79.9. The molecule has 0 atom stereocenters. The Hall–Kier alpha value is -2.57. The van der Waals surface area contributed by atoms with Crippen LogP contribution >= 0.6 is 27.5 Å². The number of carbonyl (C=O) groups excluding carboxylic acids is 2. The van der Waals surface area contributed by atoms with Crippen molar-refractivity contribution < 1.29 is 19.1 Å². The highest BCUT2D eigenvalue weighted by Gasteiger charge is 2.42. The first-order valence-electron chi connectivity index (χ1n) is 11.9. The summed E-state index contributed by atoms with van der Waals surface area (Å²) in [4.78, 5) is 28.6. The lowest BCUT2D eigenvalue weighted by Crippen LogP contribution is -2.37. The van der Waals surface area contributed by atoms with Gasteiger partial charge in [-0.05, 0) is 65.4 Å². The van der Waals surface area contributed by atoms with Crippen molar-refractivity contribution in [2.24, 2.45) is 0 Å². The smallest absolute Gasteiger partial charge is 0.175 e. The second-order valence-corrected chi connectivity index (χ2v) is 10.4.